The van der Waals surface area contributed by atoms with Gasteiger partial charge in [-0.05, 0) is 65.2 Å². The van der Waals surface area contributed by atoms with Crippen LogP contribution in [-0.4, -0.2) is 36.5 Å². The number of likely N-dealkylation sites (tertiary alicyclic amines) is 1. The number of halogens is 1. The number of anilines is 1. The summed E-state index contributed by atoms with van der Waals surface area (Å²) >= 11 is 3.50. The Morgan fingerprint density at radius 3 is 2.95 bits per heavy atom. The van der Waals surface area contributed by atoms with E-state index >= 15 is 0 Å². The van der Waals surface area contributed by atoms with Gasteiger partial charge in [-0.1, -0.05) is 12.5 Å². The molecule has 1 saturated carbocycles. The molecule has 5 heteroatoms. The van der Waals surface area contributed by atoms with Crippen LogP contribution < -0.4 is 11.1 Å². The fourth-order valence-corrected chi connectivity index (χ4v) is 4.44. The van der Waals surface area contributed by atoms with Crippen molar-refractivity contribution in [1.82, 2.24) is 4.90 Å². The average Bonchev–Trinajstić information content (AvgIpc) is 2.86. The maximum absolute atomic E-state index is 12.3. The minimum Gasteiger partial charge on any atom is -0.327 e. The van der Waals surface area contributed by atoms with E-state index in [0.717, 1.165) is 29.7 Å². The lowest BCUT2D eigenvalue weighted by Gasteiger charge is -2.29. The van der Waals surface area contributed by atoms with Gasteiger partial charge >= 0.3 is 0 Å². The number of carbonyl (C=O) groups excluding carboxylic acids is 1. The van der Waals surface area contributed by atoms with Crippen molar-refractivity contribution in [1.29, 1.82) is 0 Å². The maximum Gasteiger partial charge on any atom is 0.238 e. The highest BCUT2D eigenvalue weighted by Gasteiger charge is 2.38. The Morgan fingerprint density at radius 1 is 1.41 bits per heavy atom. The second kappa shape index (κ2) is 6.69. The van der Waals surface area contributed by atoms with Crippen molar-refractivity contribution in [3.8, 4) is 0 Å². The number of nitrogens with two attached hydrogens (primary N) is 1. The summed E-state index contributed by atoms with van der Waals surface area (Å²) in [4.78, 5) is 14.5. The van der Waals surface area contributed by atoms with E-state index in [2.05, 4.69) is 26.1 Å². The van der Waals surface area contributed by atoms with Crippen LogP contribution in [0.1, 0.15) is 24.8 Å². The molecule has 4 nitrogen and oxygen atoms in total. The number of carbonyl (C=O) groups is 1. The molecule has 0 bridgehead atoms. The van der Waals surface area contributed by atoms with Gasteiger partial charge in [0.05, 0.1) is 12.2 Å². The molecule has 1 amide bonds. The molecule has 3 rings (SSSR count). The normalized spacial score (nSPS) is 28.4. The van der Waals surface area contributed by atoms with E-state index in [1.165, 1.54) is 18.4 Å². The zero-order chi connectivity index (χ0) is 15.7. The van der Waals surface area contributed by atoms with Crippen molar-refractivity contribution in [2.24, 2.45) is 17.6 Å². The second-order valence-corrected chi connectivity index (χ2v) is 7.60. The van der Waals surface area contributed by atoms with Crippen molar-refractivity contribution in [2.75, 3.05) is 25.0 Å². The Labute approximate surface area is 140 Å². The van der Waals surface area contributed by atoms with Crippen molar-refractivity contribution in [3.63, 3.8) is 0 Å². The first kappa shape index (κ1) is 16.0. The van der Waals surface area contributed by atoms with E-state index in [9.17, 15) is 4.79 Å². The highest BCUT2D eigenvalue weighted by molar-refractivity contribution is 9.10. The van der Waals surface area contributed by atoms with Crippen molar-refractivity contribution >= 4 is 27.5 Å². The van der Waals surface area contributed by atoms with E-state index in [1.807, 2.05) is 25.1 Å². The Hall–Kier alpha value is -0.910. The summed E-state index contributed by atoms with van der Waals surface area (Å²) in [7, 11) is 0. The quantitative estimate of drug-likeness (QED) is 0.865. The van der Waals surface area contributed by atoms with Crippen molar-refractivity contribution in [3.05, 3.63) is 28.2 Å². The van der Waals surface area contributed by atoms with Gasteiger partial charge < -0.3 is 11.1 Å². The van der Waals surface area contributed by atoms with Gasteiger partial charge in [-0.15, -0.1) is 0 Å². The Bertz CT molecular complexity index is 563. The summed E-state index contributed by atoms with van der Waals surface area (Å²) in [5.41, 5.74) is 8.24. The number of hydrogen-bond acceptors (Lipinski definition) is 3. The van der Waals surface area contributed by atoms with E-state index in [4.69, 9.17) is 5.73 Å². The summed E-state index contributed by atoms with van der Waals surface area (Å²) in [5, 5.41) is 3.00. The summed E-state index contributed by atoms with van der Waals surface area (Å²) in [6, 6.07) is 6.28. The van der Waals surface area contributed by atoms with E-state index in [1.54, 1.807) is 0 Å². The highest BCUT2D eigenvalue weighted by atomic mass is 79.9. The van der Waals surface area contributed by atoms with Gasteiger partial charge in [0.2, 0.25) is 5.91 Å². The lowest BCUT2D eigenvalue weighted by molar-refractivity contribution is -0.117. The number of fused-ring (bicyclic) bond motifs is 1. The molecule has 22 heavy (non-hydrogen) atoms. The average molecular weight is 366 g/mol. The third-order valence-corrected chi connectivity index (χ3v) is 5.65. The minimum atomic E-state index is 0.0526. The zero-order valence-corrected chi connectivity index (χ0v) is 14.6. The molecule has 0 aromatic heterocycles. The van der Waals surface area contributed by atoms with Gasteiger partial charge in [-0.2, -0.15) is 0 Å². The number of hydrogen-bond donors (Lipinski definition) is 2. The third kappa shape index (κ3) is 3.53. The number of aryl methyl sites for hydroxylation is 1. The van der Waals surface area contributed by atoms with Crippen molar-refractivity contribution in [2.45, 2.75) is 32.2 Å². The van der Waals surface area contributed by atoms with E-state index in [0.29, 0.717) is 24.4 Å². The smallest absolute Gasteiger partial charge is 0.238 e. The summed E-state index contributed by atoms with van der Waals surface area (Å²) in [6.07, 6.45) is 3.64. The van der Waals surface area contributed by atoms with Crippen LogP contribution in [0.5, 0.6) is 0 Å². The number of amides is 1. The van der Waals surface area contributed by atoms with Gasteiger partial charge in [0, 0.05) is 23.6 Å². The summed E-state index contributed by atoms with van der Waals surface area (Å²) in [6.45, 7) is 4.47. The number of benzene rings is 1. The molecule has 2 fully saturated rings. The van der Waals surface area contributed by atoms with Crippen LogP contribution >= 0.6 is 15.9 Å². The van der Waals surface area contributed by atoms with Gasteiger partial charge in [0.1, 0.15) is 0 Å². The minimum absolute atomic E-state index is 0.0526. The van der Waals surface area contributed by atoms with Crippen LogP contribution in [0.15, 0.2) is 22.7 Å². The lowest BCUT2D eigenvalue weighted by atomic mass is 9.78. The Morgan fingerprint density at radius 2 is 2.23 bits per heavy atom. The standard InChI is InChI=1S/C17H24BrN3O/c1-11-5-6-16(14(18)7-11)20-17(22)10-21-8-12-3-2-4-15(19)13(12)9-21/h5-7,12-13,15H,2-4,8-10,19H2,1H3,(H,20,22). The van der Waals surface area contributed by atoms with Gasteiger partial charge in [0.15, 0.2) is 0 Å². The molecule has 1 heterocycles. The number of nitrogens with one attached hydrogen (secondary N) is 1. The fraction of sp³-hybridized carbons (Fsp3) is 0.588. The van der Waals surface area contributed by atoms with E-state index < -0.39 is 0 Å². The molecule has 1 aliphatic carbocycles. The maximum atomic E-state index is 12.3. The van der Waals surface area contributed by atoms with Crippen LogP contribution in [0.3, 0.4) is 0 Å². The molecule has 2 aliphatic rings. The molecule has 1 aromatic rings. The van der Waals surface area contributed by atoms with Gasteiger partial charge in [-0.25, -0.2) is 0 Å². The summed E-state index contributed by atoms with van der Waals surface area (Å²) in [5.74, 6) is 1.31. The largest absolute Gasteiger partial charge is 0.327 e. The van der Waals surface area contributed by atoms with Crippen LogP contribution in [0.4, 0.5) is 5.69 Å². The molecular weight excluding hydrogens is 342 g/mol. The lowest BCUT2D eigenvalue weighted by Crippen LogP contribution is -2.38. The summed E-state index contributed by atoms with van der Waals surface area (Å²) < 4.78 is 0.929. The molecule has 0 spiro atoms. The van der Waals surface area contributed by atoms with E-state index in [-0.39, 0.29) is 5.91 Å². The van der Waals surface area contributed by atoms with Crippen LogP contribution in [-0.2, 0) is 4.79 Å². The van der Waals surface area contributed by atoms with Crippen LogP contribution in [0.25, 0.3) is 0 Å². The monoisotopic (exact) mass is 365 g/mol. The number of rotatable bonds is 3. The van der Waals surface area contributed by atoms with Crippen LogP contribution in [0.2, 0.25) is 0 Å². The van der Waals surface area contributed by atoms with Crippen molar-refractivity contribution < 1.29 is 4.79 Å². The SMILES string of the molecule is Cc1ccc(NC(=O)CN2CC3CCCC(N)C3C2)c(Br)c1. The molecule has 1 aromatic carbocycles. The first-order valence-electron chi connectivity index (χ1n) is 8.07. The second-order valence-electron chi connectivity index (χ2n) is 6.74. The van der Waals surface area contributed by atoms with Gasteiger partial charge in [-0.3, -0.25) is 9.69 Å². The Balaban J connectivity index is 1.56. The Kier molecular flexibility index (Phi) is 4.85. The first-order chi connectivity index (χ1) is 10.5. The van der Waals surface area contributed by atoms with Gasteiger partial charge in [0.25, 0.3) is 0 Å². The third-order valence-electron chi connectivity index (χ3n) is 5.00. The highest BCUT2D eigenvalue weighted by Crippen LogP contribution is 2.35. The topological polar surface area (TPSA) is 58.4 Å². The zero-order valence-electron chi connectivity index (χ0n) is 13.0. The molecule has 1 saturated heterocycles. The predicted molar refractivity (Wildman–Crippen MR) is 92.8 cm³/mol. The fourth-order valence-electron chi connectivity index (χ4n) is 3.85. The first-order valence-corrected chi connectivity index (χ1v) is 8.86. The number of nitrogens with zero attached hydrogens (tertiary/aromatic N) is 1. The molecule has 0 radical (unpaired) electrons. The molecule has 120 valence electrons. The molecule has 1 aliphatic heterocycles. The predicted octanol–water partition coefficient (Wildman–Crippen LogP) is 2.76. The van der Waals surface area contributed by atoms with Crippen LogP contribution in [0, 0.1) is 18.8 Å². The molecular formula is C17H24BrN3O. The molecule has 3 N–H and O–H groups in total. The molecule has 3 atom stereocenters. The molecule has 3 unspecified atom stereocenters.